The number of para-hydroxylation sites is 1. The SMILES string of the molecule is COC(C)(C)c1noc(C2Cc3ccccc3N2)n1. The van der Waals surface area contributed by atoms with Crippen LogP contribution < -0.4 is 5.32 Å². The summed E-state index contributed by atoms with van der Waals surface area (Å²) in [6.07, 6.45) is 0.866. The second kappa shape index (κ2) is 4.35. The molecule has 0 bridgehead atoms. The molecule has 1 aliphatic rings. The molecule has 1 N–H and O–H groups in total. The Morgan fingerprint density at radius 1 is 1.37 bits per heavy atom. The molecule has 1 aromatic heterocycles. The summed E-state index contributed by atoms with van der Waals surface area (Å²) < 4.78 is 10.7. The van der Waals surface area contributed by atoms with Gasteiger partial charge in [-0.3, -0.25) is 0 Å². The van der Waals surface area contributed by atoms with Gasteiger partial charge in [0.15, 0.2) is 0 Å². The molecule has 0 saturated heterocycles. The Kier molecular flexibility index (Phi) is 2.78. The van der Waals surface area contributed by atoms with E-state index in [4.69, 9.17) is 9.26 Å². The fourth-order valence-electron chi connectivity index (χ4n) is 2.16. The van der Waals surface area contributed by atoms with E-state index in [1.807, 2.05) is 26.0 Å². The minimum atomic E-state index is -0.535. The van der Waals surface area contributed by atoms with E-state index in [-0.39, 0.29) is 6.04 Å². The molecule has 0 fully saturated rings. The van der Waals surface area contributed by atoms with Crippen molar-refractivity contribution in [3.63, 3.8) is 0 Å². The Morgan fingerprint density at radius 2 is 2.16 bits per heavy atom. The zero-order chi connectivity index (χ0) is 13.5. The average Bonchev–Trinajstić information content (AvgIpc) is 3.05. The number of rotatable bonds is 3. The van der Waals surface area contributed by atoms with Gasteiger partial charge >= 0.3 is 0 Å². The van der Waals surface area contributed by atoms with E-state index in [9.17, 15) is 0 Å². The summed E-state index contributed by atoms with van der Waals surface area (Å²) in [5.74, 6) is 1.18. The van der Waals surface area contributed by atoms with Gasteiger partial charge < -0.3 is 14.6 Å². The Bertz CT molecular complexity index is 567. The molecule has 2 heterocycles. The van der Waals surface area contributed by atoms with Gasteiger partial charge in [0.1, 0.15) is 11.6 Å². The maximum atomic E-state index is 5.36. The number of nitrogens with zero attached hydrogens (tertiary/aromatic N) is 2. The third kappa shape index (κ3) is 2.10. The van der Waals surface area contributed by atoms with Gasteiger partial charge in [-0.25, -0.2) is 0 Å². The number of methoxy groups -OCH3 is 1. The normalized spacial score (nSPS) is 18.2. The van der Waals surface area contributed by atoms with Crippen molar-refractivity contribution in [3.8, 4) is 0 Å². The Balaban J connectivity index is 1.83. The monoisotopic (exact) mass is 259 g/mol. The molecule has 19 heavy (non-hydrogen) atoms. The van der Waals surface area contributed by atoms with Crippen LogP contribution in [-0.2, 0) is 16.8 Å². The fourth-order valence-corrected chi connectivity index (χ4v) is 2.16. The summed E-state index contributed by atoms with van der Waals surface area (Å²) >= 11 is 0. The van der Waals surface area contributed by atoms with Crippen LogP contribution in [0, 0.1) is 0 Å². The molecule has 0 aliphatic carbocycles. The maximum Gasteiger partial charge on any atom is 0.249 e. The predicted octanol–water partition coefficient (Wildman–Crippen LogP) is 2.66. The van der Waals surface area contributed by atoms with Gasteiger partial charge in [-0.2, -0.15) is 4.98 Å². The Morgan fingerprint density at radius 3 is 2.89 bits per heavy atom. The summed E-state index contributed by atoms with van der Waals surface area (Å²) in [6.45, 7) is 3.83. The average molecular weight is 259 g/mol. The van der Waals surface area contributed by atoms with E-state index in [1.54, 1.807) is 7.11 Å². The van der Waals surface area contributed by atoms with Crippen molar-refractivity contribution in [2.75, 3.05) is 12.4 Å². The van der Waals surface area contributed by atoms with E-state index in [0.29, 0.717) is 11.7 Å². The first-order chi connectivity index (χ1) is 9.10. The van der Waals surface area contributed by atoms with Crippen molar-refractivity contribution in [2.45, 2.75) is 31.9 Å². The van der Waals surface area contributed by atoms with Gasteiger partial charge in [0, 0.05) is 19.2 Å². The second-order valence-corrected chi connectivity index (χ2v) is 5.23. The molecule has 3 rings (SSSR count). The smallest absolute Gasteiger partial charge is 0.249 e. The molecule has 1 aromatic carbocycles. The molecule has 0 radical (unpaired) electrons. The third-order valence-corrected chi connectivity index (χ3v) is 3.56. The lowest BCUT2D eigenvalue weighted by Crippen LogP contribution is -2.21. The number of benzene rings is 1. The van der Waals surface area contributed by atoms with Gasteiger partial charge in [-0.15, -0.1) is 0 Å². The van der Waals surface area contributed by atoms with Crippen molar-refractivity contribution in [1.82, 2.24) is 10.1 Å². The van der Waals surface area contributed by atoms with E-state index in [0.717, 1.165) is 12.1 Å². The van der Waals surface area contributed by atoms with Gasteiger partial charge in [-0.1, -0.05) is 23.4 Å². The van der Waals surface area contributed by atoms with Crippen molar-refractivity contribution in [2.24, 2.45) is 0 Å². The molecule has 2 aromatic rings. The lowest BCUT2D eigenvalue weighted by atomic mass is 10.1. The summed E-state index contributed by atoms with van der Waals surface area (Å²) in [6, 6.07) is 8.27. The van der Waals surface area contributed by atoms with E-state index in [2.05, 4.69) is 27.6 Å². The van der Waals surface area contributed by atoms with E-state index >= 15 is 0 Å². The van der Waals surface area contributed by atoms with Crippen LogP contribution >= 0.6 is 0 Å². The largest absolute Gasteiger partial charge is 0.373 e. The lowest BCUT2D eigenvalue weighted by Gasteiger charge is -2.17. The standard InChI is InChI=1S/C14H17N3O2/c1-14(2,18-3)13-16-12(19-17-13)11-8-9-6-4-5-7-10(9)15-11/h4-7,11,15H,8H2,1-3H3. The summed E-state index contributed by atoms with van der Waals surface area (Å²) in [4.78, 5) is 4.45. The van der Waals surface area contributed by atoms with Crippen LogP contribution in [0.1, 0.15) is 37.2 Å². The van der Waals surface area contributed by atoms with E-state index < -0.39 is 5.60 Å². The highest BCUT2D eigenvalue weighted by molar-refractivity contribution is 5.56. The molecule has 5 heteroatoms. The molecule has 5 nitrogen and oxygen atoms in total. The highest BCUT2D eigenvalue weighted by Gasteiger charge is 2.31. The number of nitrogens with one attached hydrogen (secondary N) is 1. The number of hydrogen-bond donors (Lipinski definition) is 1. The second-order valence-electron chi connectivity index (χ2n) is 5.23. The van der Waals surface area contributed by atoms with Crippen LogP contribution in [0.15, 0.2) is 28.8 Å². The highest BCUT2D eigenvalue weighted by Crippen LogP contribution is 2.33. The minimum absolute atomic E-state index is 0.0475. The van der Waals surface area contributed by atoms with Crippen molar-refractivity contribution < 1.29 is 9.26 Å². The number of ether oxygens (including phenoxy) is 1. The third-order valence-electron chi connectivity index (χ3n) is 3.56. The Labute approximate surface area is 112 Å². The van der Waals surface area contributed by atoms with Crippen LogP contribution in [0.2, 0.25) is 0 Å². The van der Waals surface area contributed by atoms with Crippen LogP contribution in [0.3, 0.4) is 0 Å². The molecule has 0 saturated carbocycles. The number of anilines is 1. The highest BCUT2D eigenvalue weighted by atomic mass is 16.5. The number of hydrogen-bond acceptors (Lipinski definition) is 5. The van der Waals surface area contributed by atoms with Gasteiger partial charge in [0.25, 0.3) is 0 Å². The molecule has 1 aliphatic heterocycles. The summed E-state index contributed by atoms with van der Waals surface area (Å²) in [5.41, 5.74) is 1.88. The molecule has 100 valence electrons. The molecular formula is C14H17N3O2. The lowest BCUT2D eigenvalue weighted by molar-refractivity contribution is 0.00973. The molecule has 0 amide bonds. The first kappa shape index (κ1) is 12.2. The van der Waals surface area contributed by atoms with Crippen molar-refractivity contribution in [1.29, 1.82) is 0 Å². The topological polar surface area (TPSA) is 60.2 Å². The molecular weight excluding hydrogens is 242 g/mol. The molecule has 1 unspecified atom stereocenters. The zero-order valence-electron chi connectivity index (χ0n) is 11.3. The van der Waals surface area contributed by atoms with Crippen LogP contribution in [-0.4, -0.2) is 17.3 Å². The maximum absolute atomic E-state index is 5.36. The summed E-state index contributed by atoms with van der Waals surface area (Å²) in [5, 5.41) is 7.41. The van der Waals surface area contributed by atoms with E-state index in [1.165, 1.54) is 5.56 Å². The molecule has 1 atom stereocenters. The predicted molar refractivity (Wildman–Crippen MR) is 70.8 cm³/mol. The number of fused-ring (bicyclic) bond motifs is 1. The van der Waals surface area contributed by atoms with Crippen molar-refractivity contribution >= 4 is 5.69 Å². The van der Waals surface area contributed by atoms with Crippen LogP contribution in [0.5, 0.6) is 0 Å². The fraction of sp³-hybridized carbons (Fsp3) is 0.429. The summed E-state index contributed by atoms with van der Waals surface area (Å²) in [7, 11) is 1.64. The first-order valence-corrected chi connectivity index (χ1v) is 6.34. The number of aromatic nitrogens is 2. The van der Waals surface area contributed by atoms with Crippen LogP contribution in [0.4, 0.5) is 5.69 Å². The van der Waals surface area contributed by atoms with Crippen molar-refractivity contribution in [3.05, 3.63) is 41.5 Å². The van der Waals surface area contributed by atoms with Crippen LogP contribution in [0.25, 0.3) is 0 Å². The Hall–Kier alpha value is -1.88. The van der Waals surface area contributed by atoms with Gasteiger partial charge in [-0.05, 0) is 25.5 Å². The quantitative estimate of drug-likeness (QED) is 0.918. The van der Waals surface area contributed by atoms with Gasteiger partial charge in [0.05, 0.1) is 0 Å². The minimum Gasteiger partial charge on any atom is -0.373 e. The molecule has 0 spiro atoms. The van der Waals surface area contributed by atoms with Gasteiger partial charge in [0.2, 0.25) is 11.7 Å². The zero-order valence-corrected chi connectivity index (χ0v) is 11.3. The first-order valence-electron chi connectivity index (χ1n) is 6.34.